The van der Waals surface area contributed by atoms with Crippen LogP contribution in [-0.2, 0) is 16.4 Å². The van der Waals surface area contributed by atoms with E-state index in [9.17, 15) is 18.5 Å². The van der Waals surface area contributed by atoms with Crippen molar-refractivity contribution in [2.75, 3.05) is 4.72 Å². The van der Waals surface area contributed by atoms with E-state index < -0.39 is 20.6 Å². The zero-order chi connectivity index (χ0) is 17.7. The van der Waals surface area contributed by atoms with Crippen molar-refractivity contribution in [2.24, 2.45) is 0 Å². The third kappa shape index (κ3) is 4.11. The number of anilines is 1. The third-order valence-electron chi connectivity index (χ3n) is 3.71. The van der Waals surface area contributed by atoms with Crippen LogP contribution in [0.15, 0.2) is 47.4 Å². The van der Waals surface area contributed by atoms with Crippen LogP contribution in [0.4, 0.5) is 11.4 Å². The van der Waals surface area contributed by atoms with Gasteiger partial charge in [0.1, 0.15) is 0 Å². The minimum Gasteiger partial charge on any atom is -0.279 e. The molecule has 2 aromatic rings. The summed E-state index contributed by atoms with van der Waals surface area (Å²) in [7, 11) is -4.03. The molecule has 0 aliphatic carbocycles. The molecule has 0 radical (unpaired) electrons. The summed E-state index contributed by atoms with van der Waals surface area (Å²) in [5.74, 6) is 0. The standard InChI is InChI=1S/C17H20N2O4S/c1-3-4-7-14-10-11-15(13(2)12-14)18-24(22,23)17-9-6-5-8-16(17)19(20)21/h5-6,8-12,18H,3-4,7H2,1-2H3. The molecule has 0 atom stereocenters. The van der Waals surface area contributed by atoms with E-state index in [2.05, 4.69) is 11.6 Å². The SMILES string of the molecule is CCCCc1ccc(NS(=O)(=O)c2ccccc2[N+](=O)[O-])c(C)c1. The maximum atomic E-state index is 12.5. The highest BCUT2D eigenvalue weighted by Gasteiger charge is 2.25. The molecular weight excluding hydrogens is 328 g/mol. The van der Waals surface area contributed by atoms with Gasteiger partial charge in [-0.2, -0.15) is 0 Å². The number of aryl methyl sites for hydroxylation is 2. The van der Waals surface area contributed by atoms with Gasteiger partial charge < -0.3 is 0 Å². The number of unbranched alkanes of at least 4 members (excludes halogenated alkanes) is 1. The van der Waals surface area contributed by atoms with Crippen LogP contribution in [0.5, 0.6) is 0 Å². The molecule has 2 rings (SSSR count). The van der Waals surface area contributed by atoms with E-state index in [4.69, 9.17) is 0 Å². The quantitative estimate of drug-likeness (QED) is 0.604. The van der Waals surface area contributed by atoms with Crippen molar-refractivity contribution in [3.05, 3.63) is 63.7 Å². The molecule has 0 aliphatic rings. The second-order valence-corrected chi connectivity index (χ2v) is 7.23. The van der Waals surface area contributed by atoms with Crippen molar-refractivity contribution in [1.82, 2.24) is 0 Å². The average molecular weight is 348 g/mol. The summed E-state index contributed by atoms with van der Waals surface area (Å²) in [6.45, 7) is 3.93. The minimum absolute atomic E-state index is 0.343. The van der Waals surface area contributed by atoms with Crippen molar-refractivity contribution in [2.45, 2.75) is 38.0 Å². The van der Waals surface area contributed by atoms with Crippen molar-refractivity contribution in [3.63, 3.8) is 0 Å². The Morgan fingerprint density at radius 2 is 1.88 bits per heavy atom. The van der Waals surface area contributed by atoms with Crippen LogP contribution in [0.1, 0.15) is 30.9 Å². The third-order valence-corrected chi connectivity index (χ3v) is 5.12. The first-order valence-electron chi connectivity index (χ1n) is 7.71. The second-order valence-electron chi connectivity index (χ2n) is 5.58. The average Bonchev–Trinajstić information content (AvgIpc) is 2.55. The zero-order valence-electron chi connectivity index (χ0n) is 13.7. The Kier molecular flexibility index (Phi) is 5.56. The molecule has 6 nitrogen and oxygen atoms in total. The van der Waals surface area contributed by atoms with Gasteiger partial charge in [-0.15, -0.1) is 0 Å². The Morgan fingerprint density at radius 1 is 1.17 bits per heavy atom. The van der Waals surface area contributed by atoms with Crippen molar-refractivity contribution in [1.29, 1.82) is 0 Å². The Bertz CT molecular complexity index is 847. The molecule has 0 aromatic heterocycles. The van der Waals surface area contributed by atoms with Gasteiger partial charge in [-0.25, -0.2) is 8.42 Å². The molecule has 128 valence electrons. The van der Waals surface area contributed by atoms with Crippen LogP contribution in [0, 0.1) is 17.0 Å². The molecule has 0 bridgehead atoms. The predicted octanol–water partition coefficient (Wildman–Crippen LogP) is 4.05. The first-order chi connectivity index (χ1) is 11.3. The number of nitro benzene ring substituents is 1. The van der Waals surface area contributed by atoms with E-state index in [-0.39, 0.29) is 4.90 Å². The maximum Gasteiger partial charge on any atom is 0.289 e. The molecule has 0 unspecified atom stereocenters. The summed E-state index contributed by atoms with van der Waals surface area (Å²) in [6, 6.07) is 10.8. The molecule has 0 fully saturated rings. The normalized spacial score (nSPS) is 11.2. The number of nitrogens with zero attached hydrogens (tertiary/aromatic N) is 1. The maximum absolute atomic E-state index is 12.5. The number of nitro groups is 1. The van der Waals surface area contributed by atoms with E-state index in [0.29, 0.717) is 5.69 Å². The fourth-order valence-electron chi connectivity index (χ4n) is 2.41. The fraction of sp³-hybridized carbons (Fsp3) is 0.294. The Balaban J connectivity index is 2.32. The van der Waals surface area contributed by atoms with Crippen molar-refractivity contribution in [3.8, 4) is 0 Å². The molecule has 0 aliphatic heterocycles. The van der Waals surface area contributed by atoms with Crippen LogP contribution < -0.4 is 4.72 Å². The van der Waals surface area contributed by atoms with E-state index in [1.165, 1.54) is 24.3 Å². The Morgan fingerprint density at radius 3 is 2.50 bits per heavy atom. The monoisotopic (exact) mass is 348 g/mol. The van der Waals surface area contributed by atoms with Gasteiger partial charge in [0.05, 0.1) is 10.6 Å². The number of nitrogens with one attached hydrogen (secondary N) is 1. The molecule has 0 amide bonds. The zero-order valence-corrected chi connectivity index (χ0v) is 14.5. The molecule has 1 N–H and O–H groups in total. The number of benzene rings is 2. The van der Waals surface area contributed by atoms with Crippen molar-refractivity contribution < 1.29 is 13.3 Å². The molecule has 2 aromatic carbocycles. The smallest absolute Gasteiger partial charge is 0.279 e. The van der Waals surface area contributed by atoms with Gasteiger partial charge in [0, 0.05) is 6.07 Å². The Hall–Kier alpha value is -2.41. The lowest BCUT2D eigenvalue weighted by atomic mass is 10.1. The lowest BCUT2D eigenvalue weighted by molar-refractivity contribution is -0.387. The van der Waals surface area contributed by atoms with Gasteiger partial charge in [-0.3, -0.25) is 14.8 Å². The fourth-order valence-corrected chi connectivity index (χ4v) is 3.72. The summed E-state index contributed by atoms with van der Waals surface area (Å²) >= 11 is 0. The topological polar surface area (TPSA) is 89.3 Å². The predicted molar refractivity (Wildman–Crippen MR) is 93.7 cm³/mol. The number of hydrogen-bond acceptors (Lipinski definition) is 4. The molecule has 0 saturated carbocycles. The van der Waals surface area contributed by atoms with Crippen molar-refractivity contribution >= 4 is 21.4 Å². The summed E-state index contributed by atoms with van der Waals surface area (Å²) in [4.78, 5) is 10.0. The number of rotatable bonds is 7. The van der Waals surface area contributed by atoms with Crippen LogP contribution in [0.2, 0.25) is 0 Å². The molecule has 0 saturated heterocycles. The van der Waals surface area contributed by atoms with Crippen LogP contribution in [0.3, 0.4) is 0 Å². The van der Waals surface area contributed by atoms with E-state index >= 15 is 0 Å². The van der Waals surface area contributed by atoms with Gasteiger partial charge in [0.2, 0.25) is 0 Å². The number of hydrogen-bond donors (Lipinski definition) is 1. The van der Waals surface area contributed by atoms with Gasteiger partial charge >= 0.3 is 0 Å². The van der Waals surface area contributed by atoms with Gasteiger partial charge in [-0.05, 0) is 43.0 Å². The largest absolute Gasteiger partial charge is 0.289 e. The summed E-state index contributed by atoms with van der Waals surface area (Å²) in [6.07, 6.45) is 3.10. The molecular formula is C17H20N2O4S. The highest BCUT2D eigenvalue weighted by Crippen LogP contribution is 2.27. The van der Waals surface area contributed by atoms with Crippen LogP contribution >= 0.6 is 0 Å². The molecule has 7 heteroatoms. The lowest BCUT2D eigenvalue weighted by Gasteiger charge is -2.12. The first kappa shape index (κ1) is 17.9. The molecule has 0 spiro atoms. The number of sulfonamides is 1. The number of para-hydroxylation sites is 1. The first-order valence-corrected chi connectivity index (χ1v) is 9.19. The van der Waals surface area contributed by atoms with Gasteiger partial charge in [-0.1, -0.05) is 37.6 Å². The van der Waals surface area contributed by atoms with Gasteiger partial charge in [0.15, 0.2) is 4.90 Å². The summed E-state index contributed by atoms with van der Waals surface area (Å²) in [5.41, 5.74) is 1.91. The van der Waals surface area contributed by atoms with E-state index in [1.54, 1.807) is 6.07 Å². The highest BCUT2D eigenvalue weighted by molar-refractivity contribution is 7.92. The summed E-state index contributed by atoms with van der Waals surface area (Å²) in [5, 5.41) is 11.0. The Labute approximate surface area is 141 Å². The molecule has 24 heavy (non-hydrogen) atoms. The van der Waals surface area contributed by atoms with E-state index in [1.807, 2.05) is 19.1 Å². The highest BCUT2D eigenvalue weighted by atomic mass is 32.2. The van der Waals surface area contributed by atoms with Crippen LogP contribution in [-0.4, -0.2) is 13.3 Å². The lowest BCUT2D eigenvalue weighted by Crippen LogP contribution is -2.15. The van der Waals surface area contributed by atoms with Gasteiger partial charge in [0.25, 0.3) is 15.7 Å². The van der Waals surface area contributed by atoms with E-state index in [0.717, 1.165) is 30.4 Å². The summed E-state index contributed by atoms with van der Waals surface area (Å²) < 4.78 is 27.5. The van der Waals surface area contributed by atoms with Crippen LogP contribution in [0.25, 0.3) is 0 Å². The second kappa shape index (κ2) is 7.44. The minimum atomic E-state index is -4.03. The molecule has 0 heterocycles.